The fourth-order valence-electron chi connectivity index (χ4n) is 3.00. The van der Waals surface area contributed by atoms with Gasteiger partial charge in [0.05, 0.1) is 10.2 Å². The van der Waals surface area contributed by atoms with E-state index in [4.69, 9.17) is 9.40 Å². The molecule has 1 amide bonds. The molecule has 1 fully saturated rings. The SMILES string of the molecule is CCc1ccc2nc(N3CCN(C(=O)c4ccc(Br)o4)CC3)sc2c1. The number of fused-ring (bicyclic) bond motifs is 1. The molecule has 0 N–H and O–H groups in total. The van der Waals surface area contributed by atoms with Gasteiger partial charge in [-0.15, -0.1) is 0 Å². The molecule has 0 spiro atoms. The topological polar surface area (TPSA) is 49.6 Å². The van der Waals surface area contributed by atoms with E-state index in [2.05, 4.69) is 46.0 Å². The molecule has 0 bridgehead atoms. The number of rotatable bonds is 3. The number of piperazine rings is 1. The molecule has 1 aromatic carbocycles. The maximum atomic E-state index is 12.4. The Labute approximate surface area is 158 Å². The highest BCUT2D eigenvalue weighted by molar-refractivity contribution is 9.10. The highest BCUT2D eigenvalue weighted by Gasteiger charge is 2.25. The molecule has 3 aromatic rings. The van der Waals surface area contributed by atoms with Gasteiger partial charge in [0.25, 0.3) is 5.91 Å². The van der Waals surface area contributed by atoms with Crippen LogP contribution in [-0.4, -0.2) is 42.0 Å². The number of carbonyl (C=O) groups is 1. The number of furan rings is 1. The van der Waals surface area contributed by atoms with Gasteiger partial charge in [-0.3, -0.25) is 4.79 Å². The normalized spacial score (nSPS) is 15.1. The van der Waals surface area contributed by atoms with Crippen molar-refractivity contribution in [2.75, 3.05) is 31.1 Å². The summed E-state index contributed by atoms with van der Waals surface area (Å²) < 4.78 is 7.18. The molecular formula is C18H18BrN3O2S. The standard InChI is InChI=1S/C18H18BrN3O2S/c1-2-12-3-4-13-15(11-12)25-18(20-13)22-9-7-21(8-10-22)17(23)14-5-6-16(19)24-14/h3-6,11H,2,7-10H2,1H3. The molecule has 0 aliphatic carbocycles. The molecule has 4 rings (SSSR count). The van der Waals surface area contributed by atoms with E-state index in [0.29, 0.717) is 23.5 Å². The van der Waals surface area contributed by atoms with Crippen LogP contribution < -0.4 is 4.90 Å². The van der Waals surface area contributed by atoms with Gasteiger partial charge in [0.2, 0.25) is 0 Å². The molecule has 0 unspecified atom stereocenters. The molecule has 7 heteroatoms. The molecule has 0 radical (unpaired) electrons. The van der Waals surface area contributed by atoms with Gasteiger partial charge >= 0.3 is 0 Å². The summed E-state index contributed by atoms with van der Waals surface area (Å²) >= 11 is 4.97. The number of halogens is 1. The van der Waals surface area contributed by atoms with E-state index in [1.807, 2.05) is 4.90 Å². The third-order valence-corrected chi connectivity index (χ3v) is 5.98. The maximum Gasteiger partial charge on any atom is 0.289 e. The Bertz CT molecular complexity index is 912. The lowest BCUT2D eigenvalue weighted by Crippen LogP contribution is -2.48. The summed E-state index contributed by atoms with van der Waals surface area (Å²) in [6, 6.07) is 9.92. The van der Waals surface area contributed by atoms with Crippen LogP contribution in [0.4, 0.5) is 5.13 Å². The Morgan fingerprint density at radius 1 is 1.24 bits per heavy atom. The quantitative estimate of drug-likeness (QED) is 0.638. The molecule has 2 aromatic heterocycles. The summed E-state index contributed by atoms with van der Waals surface area (Å²) in [4.78, 5) is 21.3. The molecule has 130 valence electrons. The van der Waals surface area contributed by atoms with Crippen LogP contribution in [0.1, 0.15) is 23.0 Å². The summed E-state index contributed by atoms with van der Waals surface area (Å²) in [6.45, 7) is 5.08. The monoisotopic (exact) mass is 419 g/mol. The van der Waals surface area contributed by atoms with Gasteiger partial charge in [-0.25, -0.2) is 4.98 Å². The highest BCUT2D eigenvalue weighted by Crippen LogP contribution is 2.30. The number of thiazole rings is 1. The number of amides is 1. The van der Waals surface area contributed by atoms with Crippen LogP contribution in [0.15, 0.2) is 39.4 Å². The number of hydrogen-bond acceptors (Lipinski definition) is 5. The summed E-state index contributed by atoms with van der Waals surface area (Å²) in [7, 11) is 0. The van der Waals surface area contributed by atoms with E-state index in [0.717, 1.165) is 30.2 Å². The number of aryl methyl sites for hydroxylation is 1. The van der Waals surface area contributed by atoms with Gasteiger partial charge in [-0.2, -0.15) is 0 Å². The smallest absolute Gasteiger partial charge is 0.289 e. The second kappa shape index (κ2) is 6.80. The first kappa shape index (κ1) is 16.6. The van der Waals surface area contributed by atoms with Crippen molar-refractivity contribution in [3.63, 3.8) is 0 Å². The van der Waals surface area contributed by atoms with Crippen molar-refractivity contribution < 1.29 is 9.21 Å². The Morgan fingerprint density at radius 3 is 2.72 bits per heavy atom. The Morgan fingerprint density at radius 2 is 2.04 bits per heavy atom. The van der Waals surface area contributed by atoms with Gasteiger partial charge in [-0.1, -0.05) is 24.3 Å². The Balaban J connectivity index is 1.45. The second-order valence-corrected chi connectivity index (χ2v) is 7.83. The predicted molar refractivity (Wildman–Crippen MR) is 104 cm³/mol. The molecular weight excluding hydrogens is 402 g/mol. The van der Waals surface area contributed by atoms with Crippen LogP contribution in [0, 0.1) is 0 Å². The lowest BCUT2D eigenvalue weighted by molar-refractivity contribution is 0.0713. The minimum absolute atomic E-state index is 0.0535. The van der Waals surface area contributed by atoms with Crippen LogP contribution in [0.3, 0.4) is 0 Å². The molecule has 5 nitrogen and oxygen atoms in total. The van der Waals surface area contributed by atoms with Crippen molar-refractivity contribution in [2.45, 2.75) is 13.3 Å². The number of carbonyl (C=O) groups excluding carboxylic acids is 1. The van der Waals surface area contributed by atoms with Crippen molar-refractivity contribution in [2.24, 2.45) is 0 Å². The van der Waals surface area contributed by atoms with Crippen molar-refractivity contribution >= 4 is 48.5 Å². The first-order valence-electron chi connectivity index (χ1n) is 8.33. The molecule has 1 aliphatic heterocycles. The zero-order valence-corrected chi connectivity index (χ0v) is 16.3. The average Bonchev–Trinajstić information content (AvgIpc) is 3.26. The predicted octanol–water partition coefficient (Wildman–Crippen LogP) is 4.18. The van der Waals surface area contributed by atoms with Gasteiger partial charge in [0, 0.05) is 26.2 Å². The van der Waals surface area contributed by atoms with Crippen molar-refractivity contribution in [1.82, 2.24) is 9.88 Å². The van der Waals surface area contributed by atoms with E-state index in [1.165, 1.54) is 10.3 Å². The van der Waals surface area contributed by atoms with Crippen molar-refractivity contribution in [1.29, 1.82) is 0 Å². The minimum Gasteiger partial charge on any atom is -0.444 e. The Kier molecular flexibility index (Phi) is 4.52. The largest absolute Gasteiger partial charge is 0.444 e. The summed E-state index contributed by atoms with van der Waals surface area (Å²) in [5.41, 5.74) is 2.39. The fraction of sp³-hybridized carbons (Fsp3) is 0.333. The first-order valence-corrected chi connectivity index (χ1v) is 9.94. The number of hydrogen-bond donors (Lipinski definition) is 0. The van der Waals surface area contributed by atoms with Gasteiger partial charge < -0.3 is 14.2 Å². The lowest BCUT2D eigenvalue weighted by atomic mass is 10.2. The van der Waals surface area contributed by atoms with E-state index in [1.54, 1.807) is 23.5 Å². The van der Waals surface area contributed by atoms with E-state index >= 15 is 0 Å². The number of benzene rings is 1. The second-order valence-electron chi connectivity index (χ2n) is 6.04. The molecule has 25 heavy (non-hydrogen) atoms. The van der Waals surface area contributed by atoms with Crippen molar-refractivity contribution in [3.8, 4) is 0 Å². The number of aromatic nitrogens is 1. The van der Waals surface area contributed by atoms with Crippen LogP contribution in [0.5, 0.6) is 0 Å². The first-order chi connectivity index (χ1) is 12.1. The molecule has 3 heterocycles. The lowest BCUT2D eigenvalue weighted by Gasteiger charge is -2.34. The number of anilines is 1. The summed E-state index contributed by atoms with van der Waals surface area (Å²) in [6.07, 6.45) is 1.03. The zero-order chi connectivity index (χ0) is 17.4. The molecule has 1 aliphatic rings. The third-order valence-electron chi connectivity index (χ3n) is 4.47. The Hall–Kier alpha value is -1.86. The van der Waals surface area contributed by atoms with E-state index < -0.39 is 0 Å². The van der Waals surface area contributed by atoms with Crippen LogP contribution in [0.25, 0.3) is 10.2 Å². The summed E-state index contributed by atoms with van der Waals surface area (Å²) in [5, 5.41) is 1.04. The molecule has 0 saturated carbocycles. The molecule has 1 saturated heterocycles. The highest BCUT2D eigenvalue weighted by atomic mass is 79.9. The minimum atomic E-state index is -0.0535. The van der Waals surface area contributed by atoms with Crippen LogP contribution in [-0.2, 0) is 6.42 Å². The molecule has 0 atom stereocenters. The third kappa shape index (κ3) is 3.30. The van der Waals surface area contributed by atoms with Gasteiger partial charge in [0.15, 0.2) is 15.6 Å². The van der Waals surface area contributed by atoms with Crippen LogP contribution in [0.2, 0.25) is 0 Å². The van der Waals surface area contributed by atoms with Gasteiger partial charge in [0.1, 0.15) is 0 Å². The maximum absolute atomic E-state index is 12.4. The fourth-order valence-corrected chi connectivity index (χ4v) is 4.39. The summed E-state index contributed by atoms with van der Waals surface area (Å²) in [5.74, 6) is 0.328. The zero-order valence-electron chi connectivity index (χ0n) is 13.9. The van der Waals surface area contributed by atoms with Crippen LogP contribution >= 0.6 is 27.3 Å². The average molecular weight is 420 g/mol. The van der Waals surface area contributed by atoms with E-state index in [-0.39, 0.29) is 5.91 Å². The van der Waals surface area contributed by atoms with Crippen molar-refractivity contribution in [3.05, 3.63) is 46.3 Å². The van der Waals surface area contributed by atoms with Gasteiger partial charge in [-0.05, 0) is 52.2 Å². The number of nitrogens with zero attached hydrogens (tertiary/aromatic N) is 3. The van der Waals surface area contributed by atoms with E-state index in [9.17, 15) is 4.79 Å².